The van der Waals surface area contributed by atoms with Crippen LogP contribution in [-0.4, -0.2) is 54.0 Å². The highest BCUT2D eigenvalue weighted by Crippen LogP contribution is 2.19. The van der Waals surface area contributed by atoms with Gasteiger partial charge < -0.3 is 14.9 Å². The number of phenols is 1. The molecule has 0 aromatic heterocycles. The van der Waals surface area contributed by atoms with Crippen LogP contribution in [-0.2, 0) is 0 Å². The number of carbonyl (C=O) groups is 1. The van der Waals surface area contributed by atoms with E-state index in [1.807, 2.05) is 7.05 Å². The van der Waals surface area contributed by atoms with Crippen LogP contribution in [0, 0.1) is 5.82 Å². The Bertz CT molecular complexity index is 479. The van der Waals surface area contributed by atoms with E-state index in [1.165, 1.54) is 12.1 Å². The van der Waals surface area contributed by atoms with Gasteiger partial charge in [-0.25, -0.2) is 4.39 Å². The normalized spacial score (nSPS) is 19.6. The fourth-order valence-electron chi connectivity index (χ4n) is 2.49. The van der Waals surface area contributed by atoms with E-state index in [-0.39, 0.29) is 17.2 Å². The molecule has 1 aromatic carbocycles. The van der Waals surface area contributed by atoms with Crippen LogP contribution in [0.25, 0.3) is 0 Å². The van der Waals surface area contributed by atoms with Gasteiger partial charge in [-0.05, 0) is 38.6 Å². The molecule has 0 aliphatic carbocycles. The second-order valence-corrected chi connectivity index (χ2v) is 5.13. The van der Waals surface area contributed by atoms with E-state index < -0.39 is 5.82 Å². The first-order valence-corrected chi connectivity index (χ1v) is 6.43. The van der Waals surface area contributed by atoms with Gasteiger partial charge in [-0.3, -0.25) is 4.79 Å². The van der Waals surface area contributed by atoms with Crippen LogP contribution < -0.4 is 0 Å². The fourth-order valence-corrected chi connectivity index (χ4v) is 2.49. The van der Waals surface area contributed by atoms with Gasteiger partial charge in [0.25, 0.3) is 5.91 Å². The molecule has 1 N–H and O–H groups in total. The molecule has 0 bridgehead atoms. The van der Waals surface area contributed by atoms with Gasteiger partial charge in [-0.1, -0.05) is 0 Å². The lowest BCUT2D eigenvalue weighted by atomic mass is 10.1. The number of likely N-dealkylation sites (N-methyl/N-ethyl adjacent to an activating group) is 2. The maximum absolute atomic E-state index is 13.6. The Morgan fingerprint density at radius 2 is 2.32 bits per heavy atom. The van der Waals surface area contributed by atoms with Crippen molar-refractivity contribution in [3.8, 4) is 5.75 Å². The molecule has 1 aliphatic heterocycles. The highest BCUT2D eigenvalue weighted by Gasteiger charge is 2.25. The topological polar surface area (TPSA) is 43.8 Å². The van der Waals surface area contributed by atoms with E-state index in [0.29, 0.717) is 12.6 Å². The molecular weight excluding hydrogens is 247 g/mol. The zero-order valence-electron chi connectivity index (χ0n) is 11.3. The van der Waals surface area contributed by atoms with E-state index in [9.17, 15) is 9.18 Å². The maximum Gasteiger partial charge on any atom is 0.256 e. The summed E-state index contributed by atoms with van der Waals surface area (Å²) >= 11 is 0. The molecule has 1 fully saturated rings. The number of aromatic hydroxyl groups is 1. The summed E-state index contributed by atoms with van der Waals surface area (Å²) in [5.74, 6) is -1.21. The molecule has 1 atom stereocenters. The Morgan fingerprint density at radius 1 is 1.58 bits per heavy atom. The molecule has 104 valence electrons. The third-order valence-corrected chi connectivity index (χ3v) is 3.69. The van der Waals surface area contributed by atoms with Crippen molar-refractivity contribution in [1.29, 1.82) is 0 Å². The van der Waals surface area contributed by atoms with Crippen LogP contribution >= 0.6 is 0 Å². The number of halogens is 1. The average Bonchev–Trinajstić information content (AvgIpc) is 2.74. The molecule has 19 heavy (non-hydrogen) atoms. The maximum atomic E-state index is 13.6. The molecule has 1 aromatic rings. The number of hydrogen-bond donors (Lipinski definition) is 1. The lowest BCUT2D eigenvalue weighted by Gasteiger charge is -2.26. The number of rotatable bonds is 3. The summed E-state index contributed by atoms with van der Waals surface area (Å²) in [7, 11) is 3.72. The van der Waals surface area contributed by atoms with Gasteiger partial charge in [0.05, 0.1) is 5.56 Å². The minimum absolute atomic E-state index is 0.000880. The van der Waals surface area contributed by atoms with Crippen molar-refractivity contribution in [2.75, 3.05) is 27.2 Å². The zero-order chi connectivity index (χ0) is 14.0. The quantitative estimate of drug-likeness (QED) is 0.905. The Balaban J connectivity index is 2.06. The summed E-state index contributed by atoms with van der Waals surface area (Å²) in [6.45, 7) is 1.63. The van der Waals surface area contributed by atoms with E-state index in [4.69, 9.17) is 5.11 Å². The summed E-state index contributed by atoms with van der Waals surface area (Å²) < 4.78 is 13.6. The number of carbonyl (C=O) groups excluding carboxylic acids is 1. The van der Waals surface area contributed by atoms with Crippen LogP contribution in [0.2, 0.25) is 0 Å². The Morgan fingerprint density at radius 3 is 2.89 bits per heavy atom. The van der Waals surface area contributed by atoms with Gasteiger partial charge in [0.2, 0.25) is 0 Å². The van der Waals surface area contributed by atoms with Gasteiger partial charge in [0.15, 0.2) is 0 Å². The van der Waals surface area contributed by atoms with Gasteiger partial charge in [0.1, 0.15) is 11.6 Å². The molecule has 1 amide bonds. The van der Waals surface area contributed by atoms with Crippen molar-refractivity contribution in [2.45, 2.75) is 18.9 Å². The van der Waals surface area contributed by atoms with Crippen molar-refractivity contribution in [3.05, 3.63) is 29.6 Å². The predicted octanol–water partition coefficient (Wildman–Crippen LogP) is 1.70. The van der Waals surface area contributed by atoms with Gasteiger partial charge in [-0.2, -0.15) is 0 Å². The molecular formula is C14H19FN2O2. The summed E-state index contributed by atoms with van der Waals surface area (Å²) in [5.41, 5.74) is 0.000880. The zero-order valence-corrected chi connectivity index (χ0v) is 11.3. The monoisotopic (exact) mass is 266 g/mol. The fraction of sp³-hybridized carbons (Fsp3) is 0.500. The minimum Gasteiger partial charge on any atom is -0.508 e. The van der Waals surface area contributed by atoms with Crippen molar-refractivity contribution < 1.29 is 14.3 Å². The van der Waals surface area contributed by atoms with Crippen molar-refractivity contribution >= 4 is 5.91 Å². The molecule has 2 rings (SSSR count). The minimum atomic E-state index is -0.684. The molecule has 0 spiro atoms. The number of hydrogen-bond acceptors (Lipinski definition) is 3. The van der Waals surface area contributed by atoms with Gasteiger partial charge >= 0.3 is 0 Å². The van der Waals surface area contributed by atoms with E-state index in [2.05, 4.69) is 4.90 Å². The van der Waals surface area contributed by atoms with Crippen LogP contribution in [0.4, 0.5) is 4.39 Å². The van der Waals surface area contributed by atoms with Crippen LogP contribution in [0.3, 0.4) is 0 Å². The first-order valence-electron chi connectivity index (χ1n) is 6.43. The smallest absolute Gasteiger partial charge is 0.256 e. The summed E-state index contributed by atoms with van der Waals surface area (Å²) in [6, 6.07) is 3.95. The largest absolute Gasteiger partial charge is 0.508 e. The van der Waals surface area contributed by atoms with Gasteiger partial charge in [0, 0.05) is 25.7 Å². The number of phenolic OH excluding ortho intramolecular Hbond substituents is 1. The standard InChI is InChI=1S/C14H19FN2O2/c1-16-7-3-4-10(16)9-17(2)14(19)12-6-5-11(18)8-13(12)15/h5-6,8,10,18H,3-4,7,9H2,1-2H3. The predicted molar refractivity (Wildman–Crippen MR) is 70.7 cm³/mol. The van der Waals surface area contributed by atoms with Crippen LogP contribution in [0.1, 0.15) is 23.2 Å². The summed E-state index contributed by atoms with van der Waals surface area (Å²) in [4.78, 5) is 15.9. The molecule has 5 heteroatoms. The first kappa shape index (κ1) is 13.8. The first-order chi connectivity index (χ1) is 8.99. The molecule has 0 saturated carbocycles. The van der Waals surface area contributed by atoms with Gasteiger partial charge in [-0.15, -0.1) is 0 Å². The highest BCUT2D eigenvalue weighted by molar-refractivity contribution is 5.94. The number of likely N-dealkylation sites (tertiary alicyclic amines) is 1. The van der Waals surface area contributed by atoms with Crippen molar-refractivity contribution in [2.24, 2.45) is 0 Å². The Kier molecular flexibility index (Phi) is 4.04. The van der Waals surface area contributed by atoms with E-state index >= 15 is 0 Å². The molecule has 0 radical (unpaired) electrons. The molecule has 1 aliphatic rings. The highest BCUT2D eigenvalue weighted by atomic mass is 19.1. The third-order valence-electron chi connectivity index (χ3n) is 3.69. The lowest BCUT2D eigenvalue weighted by molar-refractivity contribution is 0.0757. The third kappa shape index (κ3) is 3.04. The van der Waals surface area contributed by atoms with E-state index in [1.54, 1.807) is 11.9 Å². The molecule has 1 saturated heterocycles. The van der Waals surface area contributed by atoms with Crippen LogP contribution in [0.15, 0.2) is 18.2 Å². The number of benzene rings is 1. The Labute approximate surface area is 112 Å². The summed E-state index contributed by atoms with van der Waals surface area (Å²) in [6.07, 6.45) is 2.20. The Hall–Kier alpha value is -1.62. The number of nitrogens with zero attached hydrogens (tertiary/aromatic N) is 2. The van der Waals surface area contributed by atoms with Crippen molar-refractivity contribution in [1.82, 2.24) is 9.80 Å². The summed E-state index contributed by atoms with van der Waals surface area (Å²) in [5, 5.41) is 9.15. The van der Waals surface area contributed by atoms with E-state index in [0.717, 1.165) is 25.5 Å². The molecule has 1 heterocycles. The molecule has 4 nitrogen and oxygen atoms in total. The SMILES string of the molecule is CN(CC1CCCN1C)C(=O)c1ccc(O)cc1F. The number of amides is 1. The second kappa shape index (κ2) is 5.57. The second-order valence-electron chi connectivity index (χ2n) is 5.13. The molecule has 1 unspecified atom stereocenters. The van der Waals surface area contributed by atoms with Crippen molar-refractivity contribution in [3.63, 3.8) is 0 Å². The average molecular weight is 266 g/mol. The lowest BCUT2D eigenvalue weighted by Crippen LogP contribution is -2.39. The van der Waals surface area contributed by atoms with Crippen LogP contribution in [0.5, 0.6) is 5.75 Å².